The van der Waals surface area contributed by atoms with Crippen LogP contribution in [0.4, 0.5) is 5.69 Å². The van der Waals surface area contributed by atoms with Crippen molar-refractivity contribution in [3.63, 3.8) is 0 Å². The van der Waals surface area contributed by atoms with Crippen molar-refractivity contribution in [2.75, 3.05) is 38.2 Å². The summed E-state index contributed by atoms with van der Waals surface area (Å²) in [6.07, 6.45) is 2.37. The second kappa shape index (κ2) is 7.88. The van der Waals surface area contributed by atoms with Gasteiger partial charge in [-0.1, -0.05) is 12.1 Å². The maximum atomic E-state index is 11.6. The van der Waals surface area contributed by atoms with E-state index in [1.807, 2.05) is 18.2 Å². The predicted molar refractivity (Wildman–Crippen MR) is 84.6 cm³/mol. The lowest BCUT2D eigenvalue weighted by atomic mass is 10.1. The number of nitrogens with two attached hydrogens (primary N) is 1. The van der Waals surface area contributed by atoms with Crippen molar-refractivity contribution in [1.29, 1.82) is 0 Å². The quantitative estimate of drug-likeness (QED) is 0.796. The van der Waals surface area contributed by atoms with Gasteiger partial charge in [-0.15, -0.1) is 0 Å². The molecule has 5 nitrogen and oxygen atoms in total. The average molecular weight is 291 g/mol. The molecule has 1 fully saturated rings. The van der Waals surface area contributed by atoms with Crippen molar-refractivity contribution in [2.45, 2.75) is 19.3 Å². The molecule has 21 heavy (non-hydrogen) atoms. The van der Waals surface area contributed by atoms with Gasteiger partial charge < -0.3 is 20.7 Å². The molecule has 0 saturated carbocycles. The number of hydrogen-bond acceptors (Lipinski definition) is 4. The number of para-hydroxylation sites is 2. The van der Waals surface area contributed by atoms with Crippen molar-refractivity contribution < 1.29 is 9.53 Å². The van der Waals surface area contributed by atoms with E-state index < -0.39 is 0 Å². The highest BCUT2D eigenvalue weighted by atomic mass is 16.5. The van der Waals surface area contributed by atoms with Crippen LogP contribution >= 0.6 is 0 Å². The second-order valence-electron chi connectivity index (χ2n) is 5.47. The number of rotatable bonds is 7. The smallest absolute Gasteiger partial charge is 0.220 e. The Labute approximate surface area is 126 Å². The molecule has 1 heterocycles. The molecule has 116 valence electrons. The number of nitrogens with one attached hydrogen (secondary N) is 1. The van der Waals surface area contributed by atoms with Gasteiger partial charge in [-0.3, -0.25) is 4.79 Å². The van der Waals surface area contributed by atoms with Crippen LogP contribution in [0.2, 0.25) is 0 Å². The van der Waals surface area contributed by atoms with Crippen LogP contribution in [0, 0.1) is 5.92 Å². The van der Waals surface area contributed by atoms with Crippen LogP contribution in [-0.4, -0.2) is 39.2 Å². The van der Waals surface area contributed by atoms with E-state index in [-0.39, 0.29) is 5.91 Å². The number of amides is 1. The van der Waals surface area contributed by atoms with E-state index in [1.165, 1.54) is 0 Å². The number of hydrogen-bond donors (Lipinski definition) is 2. The zero-order valence-electron chi connectivity index (χ0n) is 12.7. The SMILES string of the molecule is COc1ccccc1N1CCC(CNC(=O)CCCN)C1. The number of benzene rings is 1. The first-order valence-corrected chi connectivity index (χ1v) is 7.59. The number of nitrogens with zero attached hydrogens (tertiary/aromatic N) is 1. The zero-order valence-corrected chi connectivity index (χ0v) is 12.7. The molecule has 0 aromatic heterocycles. The van der Waals surface area contributed by atoms with E-state index in [0.717, 1.165) is 43.9 Å². The molecule has 1 saturated heterocycles. The van der Waals surface area contributed by atoms with E-state index in [4.69, 9.17) is 10.5 Å². The van der Waals surface area contributed by atoms with Crippen molar-refractivity contribution >= 4 is 11.6 Å². The molecule has 0 aliphatic carbocycles. The van der Waals surface area contributed by atoms with E-state index >= 15 is 0 Å². The van der Waals surface area contributed by atoms with E-state index in [0.29, 0.717) is 18.9 Å². The minimum absolute atomic E-state index is 0.108. The van der Waals surface area contributed by atoms with Crippen LogP contribution in [-0.2, 0) is 4.79 Å². The highest BCUT2D eigenvalue weighted by Gasteiger charge is 2.24. The molecule has 0 radical (unpaired) electrons. The third kappa shape index (κ3) is 4.36. The molecule has 0 bridgehead atoms. The van der Waals surface area contributed by atoms with E-state index in [1.54, 1.807) is 7.11 Å². The minimum atomic E-state index is 0.108. The molecule has 1 atom stereocenters. The van der Waals surface area contributed by atoms with E-state index in [9.17, 15) is 4.79 Å². The van der Waals surface area contributed by atoms with Crippen LogP contribution in [0.15, 0.2) is 24.3 Å². The minimum Gasteiger partial charge on any atom is -0.495 e. The summed E-state index contributed by atoms with van der Waals surface area (Å²) < 4.78 is 5.41. The second-order valence-corrected chi connectivity index (χ2v) is 5.47. The van der Waals surface area contributed by atoms with Gasteiger partial charge in [0.15, 0.2) is 0 Å². The van der Waals surface area contributed by atoms with Crippen molar-refractivity contribution in [1.82, 2.24) is 5.32 Å². The Bertz CT molecular complexity index is 465. The Morgan fingerprint density at radius 2 is 2.29 bits per heavy atom. The van der Waals surface area contributed by atoms with Gasteiger partial charge in [-0.25, -0.2) is 0 Å². The van der Waals surface area contributed by atoms with Crippen molar-refractivity contribution in [3.05, 3.63) is 24.3 Å². The van der Waals surface area contributed by atoms with Crippen molar-refractivity contribution in [2.24, 2.45) is 11.7 Å². The molecule has 1 aromatic carbocycles. The first-order valence-electron chi connectivity index (χ1n) is 7.59. The number of carbonyl (C=O) groups excluding carboxylic acids is 1. The first kappa shape index (κ1) is 15.6. The Hall–Kier alpha value is -1.75. The summed E-state index contributed by atoms with van der Waals surface area (Å²) in [4.78, 5) is 13.9. The Morgan fingerprint density at radius 1 is 1.48 bits per heavy atom. The fraction of sp³-hybridized carbons (Fsp3) is 0.562. The van der Waals surface area contributed by atoms with Crippen LogP contribution < -0.4 is 20.7 Å². The predicted octanol–water partition coefficient (Wildman–Crippen LogP) is 1.38. The Balaban J connectivity index is 1.82. The number of methoxy groups -OCH3 is 1. The molecule has 2 rings (SSSR count). The Kier molecular flexibility index (Phi) is 5.87. The lowest BCUT2D eigenvalue weighted by Crippen LogP contribution is -2.31. The molecule has 1 aromatic rings. The molecule has 1 amide bonds. The third-order valence-corrected chi connectivity index (χ3v) is 3.91. The van der Waals surface area contributed by atoms with Crippen LogP contribution in [0.3, 0.4) is 0 Å². The number of carbonyl (C=O) groups is 1. The van der Waals surface area contributed by atoms with Gasteiger partial charge in [0, 0.05) is 26.1 Å². The normalized spacial score (nSPS) is 17.8. The zero-order chi connectivity index (χ0) is 15.1. The average Bonchev–Trinajstić information content (AvgIpc) is 2.99. The summed E-state index contributed by atoms with van der Waals surface area (Å²) in [6.45, 7) is 3.27. The number of anilines is 1. The van der Waals surface area contributed by atoms with Gasteiger partial charge in [-0.05, 0) is 37.4 Å². The summed E-state index contributed by atoms with van der Waals surface area (Å²) in [5.41, 5.74) is 6.54. The van der Waals surface area contributed by atoms with Gasteiger partial charge in [0.25, 0.3) is 0 Å². The fourth-order valence-electron chi connectivity index (χ4n) is 2.72. The summed E-state index contributed by atoms with van der Waals surface area (Å²) >= 11 is 0. The largest absolute Gasteiger partial charge is 0.495 e. The van der Waals surface area contributed by atoms with Gasteiger partial charge in [-0.2, -0.15) is 0 Å². The highest BCUT2D eigenvalue weighted by Crippen LogP contribution is 2.31. The molecular formula is C16H25N3O2. The summed E-state index contributed by atoms with van der Waals surface area (Å²) in [6, 6.07) is 8.08. The Morgan fingerprint density at radius 3 is 3.05 bits per heavy atom. The van der Waals surface area contributed by atoms with Gasteiger partial charge >= 0.3 is 0 Å². The summed E-state index contributed by atoms with van der Waals surface area (Å²) in [5, 5.41) is 3.01. The summed E-state index contributed by atoms with van der Waals surface area (Å²) in [7, 11) is 1.70. The standard InChI is InChI=1S/C16H25N3O2/c1-21-15-6-3-2-5-14(15)19-10-8-13(12-19)11-18-16(20)7-4-9-17/h2-3,5-6,13H,4,7-12,17H2,1H3,(H,18,20). The van der Waals surface area contributed by atoms with E-state index in [2.05, 4.69) is 16.3 Å². The fourth-order valence-corrected chi connectivity index (χ4v) is 2.72. The highest BCUT2D eigenvalue weighted by molar-refractivity contribution is 5.75. The third-order valence-electron chi connectivity index (χ3n) is 3.91. The van der Waals surface area contributed by atoms with Gasteiger partial charge in [0.1, 0.15) is 5.75 Å². The van der Waals surface area contributed by atoms with Gasteiger partial charge in [0.05, 0.1) is 12.8 Å². The van der Waals surface area contributed by atoms with Crippen LogP contribution in [0.5, 0.6) is 5.75 Å². The molecular weight excluding hydrogens is 266 g/mol. The summed E-state index contributed by atoms with van der Waals surface area (Å²) in [5.74, 6) is 1.51. The monoisotopic (exact) mass is 291 g/mol. The lowest BCUT2D eigenvalue weighted by molar-refractivity contribution is -0.121. The maximum absolute atomic E-state index is 11.6. The topological polar surface area (TPSA) is 67.6 Å². The molecule has 1 aliphatic rings. The number of ether oxygens (including phenoxy) is 1. The molecule has 1 unspecified atom stereocenters. The first-order chi connectivity index (χ1) is 10.2. The molecule has 5 heteroatoms. The van der Waals surface area contributed by atoms with Crippen LogP contribution in [0.25, 0.3) is 0 Å². The molecule has 0 spiro atoms. The van der Waals surface area contributed by atoms with Crippen molar-refractivity contribution in [3.8, 4) is 5.75 Å². The lowest BCUT2D eigenvalue weighted by Gasteiger charge is -2.21. The molecule has 3 N–H and O–H groups in total. The molecule has 1 aliphatic heterocycles. The maximum Gasteiger partial charge on any atom is 0.220 e. The van der Waals surface area contributed by atoms with Crippen LogP contribution in [0.1, 0.15) is 19.3 Å². The van der Waals surface area contributed by atoms with Gasteiger partial charge in [0.2, 0.25) is 5.91 Å².